The van der Waals surface area contributed by atoms with Crippen molar-refractivity contribution in [3.05, 3.63) is 24.0 Å². The normalized spacial score (nSPS) is 11.1. The van der Waals surface area contributed by atoms with Crippen LogP contribution in [0.5, 0.6) is 5.75 Å². The minimum atomic E-state index is -5.12. The zero-order chi connectivity index (χ0) is 14.3. The number of halogens is 1. The maximum absolute atomic E-state index is 12.3. The van der Waals surface area contributed by atoms with E-state index >= 15 is 0 Å². The van der Waals surface area contributed by atoms with E-state index in [1.54, 1.807) is 0 Å². The molecular formula is C11H15FN2O4S. The molecular weight excluding hydrogens is 275 g/mol. The molecule has 1 aromatic rings. The second kappa shape index (κ2) is 7.03. The first-order chi connectivity index (χ1) is 8.92. The lowest BCUT2D eigenvalue weighted by Crippen LogP contribution is -2.24. The molecule has 0 fully saturated rings. The Kier molecular flexibility index (Phi) is 5.68. The van der Waals surface area contributed by atoms with Crippen LogP contribution in [0.15, 0.2) is 18.5 Å². The van der Waals surface area contributed by atoms with Crippen LogP contribution in [0.4, 0.5) is 3.89 Å². The van der Waals surface area contributed by atoms with E-state index in [-0.39, 0.29) is 11.3 Å². The number of hydrogen-bond acceptors (Lipinski definition) is 5. The highest BCUT2D eigenvalue weighted by molar-refractivity contribution is 7.81. The molecule has 0 aromatic carbocycles. The van der Waals surface area contributed by atoms with Gasteiger partial charge in [0, 0.05) is 12.7 Å². The third kappa shape index (κ3) is 6.14. The molecule has 1 amide bonds. The summed E-state index contributed by atoms with van der Waals surface area (Å²) < 4.78 is 36.9. The van der Waals surface area contributed by atoms with Gasteiger partial charge in [-0.1, -0.05) is 23.7 Å². The summed E-state index contributed by atoms with van der Waals surface area (Å²) >= 11 is 0. The van der Waals surface area contributed by atoms with Gasteiger partial charge in [0.05, 0.1) is 11.8 Å². The van der Waals surface area contributed by atoms with E-state index in [4.69, 9.17) is 0 Å². The first kappa shape index (κ1) is 15.4. The van der Waals surface area contributed by atoms with Gasteiger partial charge < -0.3 is 9.50 Å². The van der Waals surface area contributed by atoms with Crippen LogP contribution in [-0.2, 0) is 10.5 Å². The number of carbonyl (C=O) groups excluding carboxylic acids is 1. The number of hydrogen-bond donors (Lipinski definition) is 1. The van der Waals surface area contributed by atoms with E-state index in [2.05, 4.69) is 14.5 Å². The zero-order valence-corrected chi connectivity index (χ0v) is 11.2. The van der Waals surface area contributed by atoms with Crippen molar-refractivity contribution in [1.82, 2.24) is 10.3 Å². The van der Waals surface area contributed by atoms with Gasteiger partial charge in [0.1, 0.15) is 0 Å². The number of rotatable bonds is 7. The van der Waals surface area contributed by atoms with Crippen molar-refractivity contribution in [3.63, 3.8) is 0 Å². The minimum Gasteiger partial charge on any atom is -0.357 e. The molecule has 1 aromatic heterocycles. The fourth-order valence-electron chi connectivity index (χ4n) is 1.38. The standard InChI is InChI=1S/C11H15FN2O4S/c1-2-3-4-5-14-11(15)9-6-10(8-13-7-9)18-19(12,16)17/h6-8H,2-5H2,1H3,(H,14,15). The summed E-state index contributed by atoms with van der Waals surface area (Å²) in [5, 5.41) is 2.65. The summed E-state index contributed by atoms with van der Waals surface area (Å²) in [6.07, 6.45) is 5.14. The largest absolute Gasteiger partial charge is 0.488 e. The summed E-state index contributed by atoms with van der Waals surface area (Å²) in [5.74, 6) is -0.756. The van der Waals surface area contributed by atoms with Crippen LogP contribution < -0.4 is 9.50 Å². The number of unbranched alkanes of at least 4 members (excludes halogenated alkanes) is 2. The Labute approximate surface area is 111 Å². The van der Waals surface area contributed by atoms with Crippen LogP contribution in [0.2, 0.25) is 0 Å². The maximum Gasteiger partial charge on any atom is 0.488 e. The highest BCUT2D eigenvalue weighted by atomic mass is 32.3. The number of nitrogens with zero attached hydrogens (tertiary/aromatic N) is 1. The maximum atomic E-state index is 12.3. The predicted molar refractivity (Wildman–Crippen MR) is 66.8 cm³/mol. The van der Waals surface area contributed by atoms with E-state index in [0.29, 0.717) is 6.54 Å². The number of amides is 1. The lowest BCUT2D eigenvalue weighted by Gasteiger charge is -2.05. The van der Waals surface area contributed by atoms with Gasteiger partial charge in [-0.25, -0.2) is 0 Å². The molecule has 0 unspecified atom stereocenters. The summed E-state index contributed by atoms with van der Waals surface area (Å²) in [6.45, 7) is 2.56. The molecule has 0 spiro atoms. The topological polar surface area (TPSA) is 85.4 Å². The van der Waals surface area contributed by atoms with Crippen LogP contribution in [-0.4, -0.2) is 25.9 Å². The molecule has 0 saturated heterocycles. The average Bonchev–Trinajstić information content (AvgIpc) is 2.32. The van der Waals surface area contributed by atoms with Gasteiger partial charge in [-0.2, -0.15) is 8.42 Å². The van der Waals surface area contributed by atoms with Crippen LogP contribution >= 0.6 is 0 Å². The van der Waals surface area contributed by atoms with Gasteiger partial charge >= 0.3 is 10.5 Å². The molecule has 0 radical (unpaired) electrons. The van der Waals surface area contributed by atoms with Crippen molar-refractivity contribution >= 4 is 16.4 Å². The Bertz CT molecular complexity index is 533. The predicted octanol–water partition coefficient (Wildman–Crippen LogP) is 1.59. The van der Waals surface area contributed by atoms with Gasteiger partial charge in [0.25, 0.3) is 5.91 Å². The van der Waals surface area contributed by atoms with Crippen molar-refractivity contribution in [2.75, 3.05) is 6.54 Å². The molecule has 0 bridgehead atoms. The molecule has 6 nitrogen and oxygen atoms in total. The number of carbonyl (C=O) groups is 1. The van der Waals surface area contributed by atoms with Gasteiger partial charge in [-0.05, 0) is 12.5 Å². The molecule has 8 heteroatoms. The molecule has 1 rings (SSSR count). The van der Waals surface area contributed by atoms with E-state index in [0.717, 1.165) is 31.5 Å². The Morgan fingerprint density at radius 3 is 2.79 bits per heavy atom. The first-order valence-corrected chi connectivity index (χ1v) is 7.10. The van der Waals surface area contributed by atoms with Crippen LogP contribution in [0.1, 0.15) is 36.5 Å². The third-order valence-electron chi connectivity index (χ3n) is 2.24. The van der Waals surface area contributed by atoms with Gasteiger partial charge in [-0.3, -0.25) is 9.78 Å². The Hall–Kier alpha value is -1.70. The van der Waals surface area contributed by atoms with E-state index in [9.17, 15) is 17.1 Å². The third-order valence-corrected chi connectivity index (χ3v) is 2.63. The van der Waals surface area contributed by atoms with Crippen molar-refractivity contribution in [2.24, 2.45) is 0 Å². The summed E-state index contributed by atoms with van der Waals surface area (Å²) in [7, 11) is -5.12. The second-order valence-electron chi connectivity index (χ2n) is 3.85. The van der Waals surface area contributed by atoms with Crippen molar-refractivity contribution < 1.29 is 21.3 Å². The molecule has 0 aliphatic carbocycles. The quantitative estimate of drug-likeness (QED) is 0.609. The molecule has 19 heavy (non-hydrogen) atoms. The first-order valence-electron chi connectivity index (χ1n) is 5.79. The monoisotopic (exact) mass is 290 g/mol. The number of nitrogens with one attached hydrogen (secondary N) is 1. The lowest BCUT2D eigenvalue weighted by atomic mass is 10.2. The molecule has 0 saturated carbocycles. The van der Waals surface area contributed by atoms with E-state index in [1.807, 2.05) is 6.92 Å². The molecule has 0 atom stereocenters. The second-order valence-corrected chi connectivity index (χ2v) is 4.80. The van der Waals surface area contributed by atoms with E-state index in [1.165, 1.54) is 6.20 Å². The van der Waals surface area contributed by atoms with Gasteiger partial charge in [-0.15, -0.1) is 0 Å². The number of aromatic nitrogens is 1. The van der Waals surface area contributed by atoms with Crippen LogP contribution in [0.3, 0.4) is 0 Å². The fourth-order valence-corrected chi connectivity index (χ4v) is 1.70. The SMILES string of the molecule is CCCCCNC(=O)c1cncc(OS(=O)(=O)F)c1. The van der Waals surface area contributed by atoms with Gasteiger partial charge in [0.15, 0.2) is 5.75 Å². The molecule has 1 heterocycles. The van der Waals surface area contributed by atoms with Gasteiger partial charge in [0.2, 0.25) is 0 Å². The minimum absolute atomic E-state index is 0.109. The molecule has 1 N–H and O–H groups in total. The van der Waals surface area contributed by atoms with Crippen molar-refractivity contribution in [1.29, 1.82) is 0 Å². The molecule has 0 aliphatic heterocycles. The molecule has 106 valence electrons. The lowest BCUT2D eigenvalue weighted by molar-refractivity contribution is 0.0952. The zero-order valence-electron chi connectivity index (χ0n) is 10.4. The Morgan fingerprint density at radius 1 is 1.42 bits per heavy atom. The fraction of sp³-hybridized carbons (Fsp3) is 0.455. The number of pyridine rings is 1. The highest BCUT2D eigenvalue weighted by Crippen LogP contribution is 2.14. The Balaban J connectivity index is 2.63. The highest BCUT2D eigenvalue weighted by Gasteiger charge is 2.12. The Morgan fingerprint density at radius 2 is 2.16 bits per heavy atom. The van der Waals surface area contributed by atoms with Crippen LogP contribution in [0.25, 0.3) is 0 Å². The average molecular weight is 290 g/mol. The van der Waals surface area contributed by atoms with Crippen LogP contribution in [0, 0.1) is 0 Å². The summed E-state index contributed by atoms with van der Waals surface area (Å²) in [5.41, 5.74) is 0.109. The van der Waals surface area contributed by atoms with Crippen molar-refractivity contribution in [3.8, 4) is 5.75 Å². The summed E-state index contributed by atoms with van der Waals surface area (Å²) in [6, 6.07) is 1.11. The van der Waals surface area contributed by atoms with E-state index < -0.39 is 16.4 Å². The molecule has 0 aliphatic rings. The van der Waals surface area contributed by atoms with Crippen molar-refractivity contribution in [2.45, 2.75) is 26.2 Å². The smallest absolute Gasteiger partial charge is 0.357 e. The summed E-state index contributed by atoms with van der Waals surface area (Å²) in [4.78, 5) is 15.3.